The highest BCUT2D eigenvalue weighted by atomic mass is 32.2. The predicted octanol–water partition coefficient (Wildman–Crippen LogP) is 1.31. The Kier molecular flexibility index (Phi) is 4.97. The maximum atomic E-state index is 12.6. The fraction of sp³-hybridized carbons (Fsp3) is 0.333. The Morgan fingerprint density at radius 2 is 1.54 bits per heavy atom. The number of aromatic nitrogens is 1. The standard InChI is InChI=1S/C18H22N4O3S/c1-13-11-16(12-14(2)20-13)21-7-9-22(10-8-21)18(23)15-3-5-17(6-4-15)26(19,24)25/h3-6,11-12H,7-10H2,1-2H3,(H2,19,24,25). The molecule has 2 aromatic rings. The molecule has 0 radical (unpaired) electrons. The number of amides is 1. The third-order valence-electron chi connectivity index (χ3n) is 4.43. The molecule has 2 N–H and O–H groups in total. The zero-order valence-electron chi connectivity index (χ0n) is 14.8. The summed E-state index contributed by atoms with van der Waals surface area (Å²) >= 11 is 0. The smallest absolute Gasteiger partial charge is 0.253 e. The Hall–Kier alpha value is -2.45. The molecule has 0 bridgehead atoms. The zero-order valence-corrected chi connectivity index (χ0v) is 15.7. The SMILES string of the molecule is Cc1cc(N2CCN(C(=O)c3ccc(S(N)(=O)=O)cc3)CC2)cc(C)n1. The summed E-state index contributed by atoms with van der Waals surface area (Å²) in [5.41, 5.74) is 3.54. The van der Waals surface area contributed by atoms with Gasteiger partial charge in [0, 0.05) is 48.8 Å². The number of sulfonamides is 1. The number of carbonyl (C=O) groups is 1. The van der Waals surface area contributed by atoms with E-state index in [0.717, 1.165) is 30.2 Å². The number of rotatable bonds is 3. The summed E-state index contributed by atoms with van der Waals surface area (Å²) in [6.07, 6.45) is 0. The predicted molar refractivity (Wildman–Crippen MR) is 99.6 cm³/mol. The molecule has 1 aliphatic heterocycles. The summed E-state index contributed by atoms with van der Waals surface area (Å²) in [4.78, 5) is 21.1. The van der Waals surface area contributed by atoms with Crippen LogP contribution in [-0.4, -0.2) is 50.4 Å². The summed E-state index contributed by atoms with van der Waals surface area (Å²) in [6.45, 7) is 6.64. The molecular formula is C18H22N4O3S. The first kappa shape index (κ1) is 18.3. The number of nitrogens with zero attached hydrogens (tertiary/aromatic N) is 3. The van der Waals surface area contributed by atoms with Gasteiger partial charge in [0.05, 0.1) is 4.90 Å². The van der Waals surface area contributed by atoms with Crippen LogP contribution >= 0.6 is 0 Å². The Morgan fingerprint density at radius 1 is 1.00 bits per heavy atom. The number of pyridine rings is 1. The third-order valence-corrected chi connectivity index (χ3v) is 5.36. The molecule has 0 spiro atoms. The van der Waals surface area contributed by atoms with E-state index in [4.69, 9.17) is 5.14 Å². The van der Waals surface area contributed by atoms with E-state index in [1.54, 1.807) is 4.90 Å². The molecule has 1 aromatic carbocycles. The molecular weight excluding hydrogens is 352 g/mol. The van der Waals surface area contributed by atoms with Gasteiger partial charge in [-0.1, -0.05) is 0 Å². The number of aryl methyl sites for hydroxylation is 2. The maximum absolute atomic E-state index is 12.6. The number of hydrogen-bond donors (Lipinski definition) is 1. The van der Waals surface area contributed by atoms with E-state index < -0.39 is 10.0 Å². The molecule has 0 atom stereocenters. The first-order valence-corrected chi connectivity index (χ1v) is 9.91. The van der Waals surface area contributed by atoms with Crippen molar-refractivity contribution in [3.05, 3.63) is 53.3 Å². The summed E-state index contributed by atoms with van der Waals surface area (Å²) < 4.78 is 22.6. The van der Waals surface area contributed by atoms with E-state index in [-0.39, 0.29) is 10.8 Å². The van der Waals surface area contributed by atoms with Gasteiger partial charge in [-0.2, -0.15) is 0 Å². The number of benzene rings is 1. The molecule has 1 aliphatic rings. The van der Waals surface area contributed by atoms with Crippen LogP contribution in [-0.2, 0) is 10.0 Å². The monoisotopic (exact) mass is 374 g/mol. The Labute approximate surface area is 153 Å². The average Bonchev–Trinajstić information content (AvgIpc) is 2.60. The second-order valence-corrected chi connectivity index (χ2v) is 8.02. The molecule has 1 fully saturated rings. The van der Waals surface area contributed by atoms with Gasteiger partial charge < -0.3 is 9.80 Å². The fourth-order valence-electron chi connectivity index (χ4n) is 3.13. The van der Waals surface area contributed by atoms with Crippen LogP contribution in [0.5, 0.6) is 0 Å². The lowest BCUT2D eigenvalue weighted by Crippen LogP contribution is -2.48. The number of hydrogen-bond acceptors (Lipinski definition) is 5. The van der Waals surface area contributed by atoms with E-state index in [0.29, 0.717) is 18.7 Å². The number of nitrogens with two attached hydrogens (primary N) is 1. The lowest BCUT2D eigenvalue weighted by atomic mass is 10.1. The van der Waals surface area contributed by atoms with E-state index >= 15 is 0 Å². The number of primary sulfonamides is 1. The minimum absolute atomic E-state index is 0.00213. The highest BCUT2D eigenvalue weighted by Gasteiger charge is 2.23. The Morgan fingerprint density at radius 3 is 2.04 bits per heavy atom. The fourth-order valence-corrected chi connectivity index (χ4v) is 3.65. The maximum Gasteiger partial charge on any atom is 0.253 e. The third kappa shape index (κ3) is 4.03. The molecule has 0 unspecified atom stereocenters. The van der Waals surface area contributed by atoms with Gasteiger partial charge in [0.1, 0.15) is 0 Å². The van der Waals surface area contributed by atoms with Crippen LogP contribution in [0, 0.1) is 13.8 Å². The molecule has 0 aliphatic carbocycles. The van der Waals surface area contributed by atoms with Crippen LogP contribution in [0.1, 0.15) is 21.7 Å². The van der Waals surface area contributed by atoms with Gasteiger partial charge >= 0.3 is 0 Å². The summed E-state index contributed by atoms with van der Waals surface area (Å²) in [6, 6.07) is 9.84. The van der Waals surface area contributed by atoms with Gasteiger partial charge in [-0.05, 0) is 50.2 Å². The van der Waals surface area contributed by atoms with Crippen molar-refractivity contribution in [2.24, 2.45) is 5.14 Å². The van der Waals surface area contributed by atoms with Crippen LogP contribution in [0.4, 0.5) is 5.69 Å². The molecule has 1 amide bonds. The van der Waals surface area contributed by atoms with Crippen molar-refractivity contribution in [3.8, 4) is 0 Å². The van der Waals surface area contributed by atoms with Crippen molar-refractivity contribution < 1.29 is 13.2 Å². The van der Waals surface area contributed by atoms with E-state index in [9.17, 15) is 13.2 Å². The zero-order chi connectivity index (χ0) is 18.9. The lowest BCUT2D eigenvalue weighted by Gasteiger charge is -2.36. The van der Waals surface area contributed by atoms with Crippen LogP contribution in [0.2, 0.25) is 0 Å². The largest absolute Gasteiger partial charge is 0.368 e. The highest BCUT2D eigenvalue weighted by molar-refractivity contribution is 7.89. The van der Waals surface area contributed by atoms with Crippen molar-refractivity contribution in [3.63, 3.8) is 0 Å². The van der Waals surface area contributed by atoms with Crippen LogP contribution < -0.4 is 10.0 Å². The van der Waals surface area contributed by atoms with Crippen molar-refractivity contribution >= 4 is 21.6 Å². The Balaban J connectivity index is 1.66. The molecule has 0 saturated carbocycles. The molecule has 138 valence electrons. The minimum atomic E-state index is -3.75. The van der Waals surface area contributed by atoms with Gasteiger partial charge in [0.2, 0.25) is 10.0 Å². The van der Waals surface area contributed by atoms with Gasteiger partial charge in [0.15, 0.2) is 0 Å². The van der Waals surface area contributed by atoms with Crippen LogP contribution in [0.3, 0.4) is 0 Å². The quantitative estimate of drug-likeness (QED) is 0.874. The normalized spacial score (nSPS) is 15.2. The van der Waals surface area contributed by atoms with E-state index in [1.165, 1.54) is 24.3 Å². The molecule has 26 heavy (non-hydrogen) atoms. The van der Waals surface area contributed by atoms with Crippen LogP contribution in [0.15, 0.2) is 41.3 Å². The van der Waals surface area contributed by atoms with Crippen molar-refractivity contribution in [1.29, 1.82) is 0 Å². The lowest BCUT2D eigenvalue weighted by molar-refractivity contribution is 0.0746. The summed E-state index contributed by atoms with van der Waals surface area (Å²) in [5.74, 6) is -0.104. The second kappa shape index (κ2) is 7.05. The summed E-state index contributed by atoms with van der Waals surface area (Å²) in [7, 11) is -3.75. The van der Waals surface area contributed by atoms with Gasteiger partial charge in [-0.25, -0.2) is 13.6 Å². The Bertz CT molecular complexity index is 898. The molecule has 1 saturated heterocycles. The topological polar surface area (TPSA) is 96.6 Å². The average molecular weight is 374 g/mol. The van der Waals surface area contributed by atoms with Crippen molar-refractivity contribution in [2.45, 2.75) is 18.7 Å². The molecule has 1 aromatic heterocycles. The summed E-state index contributed by atoms with van der Waals surface area (Å²) in [5, 5.41) is 5.08. The van der Waals surface area contributed by atoms with Crippen molar-refractivity contribution in [1.82, 2.24) is 9.88 Å². The second-order valence-electron chi connectivity index (χ2n) is 6.46. The molecule has 7 nitrogen and oxygen atoms in total. The number of anilines is 1. The van der Waals surface area contributed by atoms with Gasteiger partial charge in [-0.15, -0.1) is 0 Å². The first-order chi connectivity index (χ1) is 12.2. The molecule has 2 heterocycles. The van der Waals surface area contributed by atoms with Crippen molar-refractivity contribution in [2.75, 3.05) is 31.1 Å². The van der Waals surface area contributed by atoms with E-state index in [2.05, 4.69) is 22.0 Å². The van der Waals surface area contributed by atoms with E-state index in [1.807, 2.05) is 13.8 Å². The number of carbonyl (C=O) groups excluding carboxylic acids is 1. The number of piperazine rings is 1. The van der Waals surface area contributed by atoms with Gasteiger partial charge in [-0.3, -0.25) is 9.78 Å². The molecule has 3 rings (SSSR count). The van der Waals surface area contributed by atoms with Gasteiger partial charge in [0.25, 0.3) is 5.91 Å². The highest BCUT2D eigenvalue weighted by Crippen LogP contribution is 2.19. The first-order valence-electron chi connectivity index (χ1n) is 8.36. The van der Waals surface area contributed by atoms with Crippen LogP contribution in [0.25, 0.3) is 0 Å². The minimum Gasteiger partial charge on any atom is -0.368 e. The molecule has 8 heteroatoms.